The van der Waals surface area contributed by atoms with E-state index in [4.69, 9.17) is 42.0 Å². The minimum atomic E-state index is -0.259. The second-order valence-electron chi connectivity index (χ2n) is 9.46. The van der Waals surface area contributed by atoms with E-state index in [1.807, 2.05) is 18.4 Å². The number of nitrogens with zero attached hydrogens (tertiary/aromatic N) is 8. The van der Waals surface area contributed by atoms with Crippen molar-refractivity contribution < 1.29 is 28.4 Å². The van der Waals surface area contributed by atoms with Gasteiger partial charge in [0, 0.05) is 6.04 Å². The molecule has 2 aliphatic heterocycles. The first kappa shape index (κ1) is 34.5. The Morgan fingerprint density at radius 2 is 1.37 bits per heavy atom. The minimum absolute atomic E-state index is 0. The molecule has 4 atom stereocenters. The Morgan fingerprint density at radius 3 is 1.86 bits per heavy atom. The number of ether oxygens (including phenoxy) is 4. The predicted octanol–water partition coefficient (Wildman–Crippen LogP) is 5.01. The van der Waals surface area contributed by atoms with E-state index in [-0.39, 0.29) is 49.5 Å². The molecular weight excluding hydrogens is 847 g/mol. The monoisotopic (exact) mass is 880 g/mol. The molecule has 235 valence electrons. The van der Waals surface area contributed by atoms with Crippen LogP contribution < -0.4 is 16.8 Å². The third kappa shape index (κ3) is 8.29. The molecule has 6 heterocycles. The summed E-state index contributed by atoms with van der Waals surface area (Å²) in [6, 6.07) is 0.475. The van der Waals surface area contributed by atoms with Crippen LogP contribution in [0.4, 0.5) is 17.7 Å². The second kappa shape index (κ2) is 15.8. The van der Waals surface area contributed by atoms with Crippen molar-refractivity contribution >= 4 is 91.6 Å². The van der Waals surface area contributed by atoms with Gasteiger partial charge in [0.2, 0.25) is 11.9 Å². The van der Waals surface area contributed by atoms with Gasteiger partial charge < -0.3 is 35.7 Å². The zero-order valence-corrected chi connectivity index (χ0v) is 29.2. The summed E-state index contributed by atoms with van der Waals surface area (Å²) in [5, 5.41) is 3.58. The van der Waals surface area contributed by atoms with Crippen LogP contribution in [0.5, 0.6) is 0 Å². The zero-order chi connectivity index (χ0) is 29.8. The van der Waals surface area contributed by atoms with Gasteiger partial charge in [-0.05, 0) is 25.7 Å². The average Bonchev–Trinajstić information content (AvgIpc) is 3.39. The molecule has 0 unspecified atom stereocenters. The number of aromatic nitrogens is 8. The van der Waals surface area contributed by atoms with Crippen molar-refractivity contribution in [1.29, 1.82) is 0 Å². The van der Waals surface area contributed by atoms with Crippen molar-refractivity contribution in [3.63, 3.8) is 0 Å². The maximum absolute atomic E-state index is 5.96. The van der Waals surface area contributed by atoms with Gasteiger partial charge in [-0.1, -0.05) is 32.9 Å². The van der Waals surface area contributed by atoms with E-state index in [1.165, 1.54) is 0 Å². The number of fused-ring (bicyclic) bond motifs is 2. The van der Waals surface area contributed by atoms with Gasteiger partial charge in [0.1, 0.15) is 5.52 Å². The van der Waals surface area contributed by atoms with Crippen LogP contribution in [0.2, 0.25) is 5.15 Å². The van der Waals surface area contributed by atoms with E-state index in [1.54, 1.807) is 17.2 Å². The van der Waals surface area contributed by atoms with Gasteiger partial charge in [0.25, 0.3) is 0 Å². The molecule has 0 bridgehead atoms. The molecule has 7 rings (SSSR count). The Bertz CT molecular complexity index is 1510. The summed E-state index contributed by atoms with van der Waals surface area (Å²) in [6.45, 7) is 4.96. The topological polar surface area (TPSA) is 188 Å². The van der Waals surface area contributed by atoms with Crippen LogP contribution in [-0.4, -0.2) is 70.9 Å². The van der Waals surface area contributed by atoms with Crippen LogP contribution in [0.3, 0.4) is 0 Å². The van der Waals surface area contributed by atoms with Gasteiger partial charge in [0.05, 0.1) is 25.9 Å². The molecule has 3 aliphatic rings. The van der Waals surface area contributed by atoms with Crippen LogP contribution in [0.25, 0.3) is 22.3 Å². The van der Waals surface area contributed by atoms with E-state index >= 15 is 0 Å². The number of halogens is 3. The second-order valence-corrected chi connectivity index (χ2v) is 21.6. The normalized spacial score (nSPS) is 22.8. The van der Waals surface area contributed by atoms with Crippen LogP contribution in [-0.2, 0) is 28.4 Å². The molecule has 0 radical (unpaired) electrons. The first-order valence-electron chi connectivity index (χ1n) is 13.2. The maximum atomic E-state index is 5.96. The summed E-state index contributed by atoms with van der Waals surface area (Å²) < 4.78 is 26.2. The SMILES string of the molecule is C.CC[C@@H]1OC[C@H](n2cnc3c(Cl)nc(N)nc32)O1.CC[C@@H]1OC[C@H](n2cnc3c(NC4CC4)nc(N)nc32)O1.[I][V][I]. The van der Waals surface area contributed by atoms with Crippen molar-refractivity contribution in [2.45, 2.75) is 78.0 Å². The van der Waals surface area contributed by atoms with Gasteiger partial charge in [0.15, 0.2) is 52.8 Å². The Kier molecular flexibility index (Phi) is 12.7. The van der Waals surface area contributed by atoms with Crippen molar-refractivity contribution in [3.8, 4) is 0 Å². The zero-order valence-electron chi connectivity index (χ0n) is 22.7. The standard InChI is InChI=1S/C13H18N6O2.C10H12ClN5O2.CH4.2HI.V/c1-2-9-20-5-8(21-9)19-6-15-10-11(16-7-3-4-7)17-13(14)18-12(10)19;1-2-6-17-3-5(18-6)16-4-13-7-8(11)14-10(12)15-9(7)16;;;;/h6-9H,2-5H2,1H3,(H3,14,16,17,18);4-6H,2-3H2,1H3,(H2,12,14,15);1H4;2*1H;/q;;;;;+2/p-2/t8-,9-;5-,6-;;;;/m11..../s1. The predicted molar refractivity (Wildman–Crippen MR) is 176 cm³/mol. The molecule has 19 heteroatoms. The fourth-order valence-corrected chi connectivity index (χ4v) is 4.60. The van der Waals surface area contributed by atoms with Crippen LogP contribution in [0, 0.1) is 0 Å². The van der Waals surface area contributed by atoms with E-state index in [2.05, 4.69) is 75.2 Å². The van der Waals surface area contributed by atoms with Gasteiger partial charge in [-0.15, -0.1) is 0 Å². The molecular formula is C24H34ClI2N11O4V. The molecule has 4 aromatic rings. The number of anilines is 3. The number of imidazole rings is 2. The number of hydrogen-bond acceptors (Lipinski definition) is 13. The van der Waals surface area contributed by atoms with Crippen LogP contribution in [0.15, 0.2) is 12.7 Å². The Balaban J connectivity index is 0.000000179. The number of nitrogens with one attached hydrogen (secondary N) is 1. The molecule has 2 saturated heterocycles. The van der Waals surface area contributed by atoms with E-state index < -0.39 is 0 Å². The molecule has 1 saturated carbocycles. The van der Waals surface area contributed by atoms with Crippen molar-refractivity contribution in [2.75, 3.05) is 30.0 Å². The van der Waals surface area contributed by atoms with E-state index in [0.717, 1.165) is 31.2 Å². The fraction of sp³-hybridized carbons (Fsp3) is 0.583. The molecule has 15 nitrogen and oxygen atoms in total. The Labute approximate surface area is 282 Å². The molecule has 4 aromatic heterocycles. The first-order valence-corrected chi connectivity index (χ1v) is 22.6. The van der Waals surface area contributed by atoms with Gasteiger partial charge >= 0.3 is 49.4 Å². The van der Waals surface area contributed by atoms with Crippen LogP contribution >= 0.6 is 51.6 Å². The van der Waals surface area contributed by atoms with E-state index in [9.17, 15) is 0 Å². The van der Waals surface area contributed by atoms with E-state index in [0.29, 0.717) is 51.4 Å². The number of rotatable bonds is 6. The summed E-state index contributed by atoms with van der Waals surface area (Å²) in [7, 11) is 0.628. The molecule has 0 amide bonds. The summed E-state index contributed by atoms with van der Waals surface area (Å²) in [5.74, 6) is 1.04. The summed E-state index contributed by atoms with van der Waals surface area (Å²) in [5.41, 5.74) is 13.9. The average molecular weight is 881 g/mol. The quantitative estimate of drug-likeness (QED) is 0.173. The summed E-state index contributed by atoms with van der Waals surface area (Å²) >= 11 is 10.7. The Morgan fingerprint density at radius 1 is 0.884 bits per heavy atom. The third-order valence-electron chi connectivity index (χ3n) is 6.51. The van der Waals surface area contributed by atoms with Crippen LogP contribution in [0.1, 0.15) is 59.4 Å². The molecule has 43 heavy (non-hydrogen) atoms. The van der Waals surface area contributed by atoms with Crippen molar-refractivity contribution in [2.24, 2.45) is 0 Å². The molecule has 0 spiro atoms. The van der Waals surface area contributed by atoms with Crippen molar-refractivity contribution in [3.05, 3.63) is 17.8 Å². The fourth-order valence-electron chi connectivity index (χ4n) is 4.38. The number of nitrogen functional groups attached to an aromatic ring is 2. The van der Waals surface area contributed by atoms with Gasteiger partial charge in [-0.3, -0.25) is 9.13 Å². The molecule has 5 N–H and O–H groups in total. The molecule has 0 aromatic carbocycles. The third-order valence-corrected chi connectivity index (χ3v) is 6.77. The van der Waals surface area contributed by atoms with Crippen molar-refractivity contribution in [1.82, 2.24) is 39.0 Å². The molecule has 1 aliphatic carbocycles. The van der Waals surface area contributed by atoms with Gasteiger partial charge in [-0.2, -0.15) is 19.9 Å². The van der Waals surface area contributed by atoms with Gasteiger partial charge in [-0.25, -0.2) is 9.97 Å². The number of nitrogens with two attached hydrogens (primary N) is 2. The number of hydrogen-bond donors (Lipinski definition) is 3. The summed E-state index contributed by atoms with van der Waals surface area (Å²) in [6.07, 6.45) is 6.40. The Hall–Kier alpha value is -1.33. The first-order chi connectivity index (χ1) is 20.3. The molecule has 3 fully saturated rings. The summed E-state index contributed by atoms with van der Waals surface area (Å²) in [4.78, 5) is 25.2.